The summed E-state index contributed by atoms with van der Waals surface area (Å²) in [5.41, 5.74) is 28.5. The second-order valence-corrected chi connectivity index (χ2v) is 29.0. The van der Waals surface area contributed by atoms with Gasteiger partial charge in [0.25, 0.3) is 0 Å². The van der Waals surface area contributed by atoms with Gasteiger partial charge in [-0.15, -0.1) is 11.3 Å². The Balaban J connectivity index is 0.634. The molecule has 2 aliphatic carbocycles. The van der Waals surface area contributed by atoms with Crippen molar-refractivity contribution in [1.29, 1.82) is 0 Å². The summed E-state index contributed by atoms with van der Waals surface area (Å²) >= 11 is 1.83. The number of ether oxygens (including phenoxy) is 2. The Morgan fingerprint density at radius 1 is 0.243 bits per heavy atom. The van der Waals surface area contributed by atoms with Crippen LogP contribution in [-0.4, -0.2) is 24.9 Å². The normalized spacial score (nSPS) is 14.2. The lowest BCUT2D eigenvalue weighted by Gasteiger charge is -2.40. The van der Waals surface area contributed by atoms with Gasteiger partial charge in [-0.2, -0.15) is 0 Å². The summed E-state index contributed by atoms with van der Waals surface area (Å²) in [5, 5.41) is 2.42. The monoisotopic (exact) mass is 1380 g/mol. The van der Waals surface area contributed by atoms with Crippen molar-refractivity contribution in [2.24, 2.45) is 0 Å². The summed E-state index contributed by atoms with van der Waals surface area (Å²) in [4.78, 5) is 25.7. The topological polar surface area (TPSA) is 82.9 Å². The number of pyridine rings is 1. The highest BCUT2D eigenvalue weighted by Gasteiger charge is 2.54. The molecule has 498 valence electrons. The summed E-state index contributed by atoms with van der Waals surface area (Å²) in [6.45, 7) is 0. The average molecular weight is 1380 g/mol. The van der Waals surface area contributed by atoms with E-state index in [9.17, 15) is 0 Å². The van der Waals surface area contributed by atoms with Crippen LogP contribution in [0.25, 0.3) is 144 Å². The van der Waals surface area contributed by atoms with Gasteiger partial charge in [0.2, 0.25) is 0 Å². The molecule has 4 aliphatic rings. The van der Waals surface area contributed by atoms with Crippen molar-refractivity contribution in [3.63, 3.8) is 0 Å². The van der Waals surface area contributed by atoms with Crippen LogP contribution < -0.4 is 9.47 Å². The standard InChI is InChI=1S/C99H59N5O2S/c1-3-23-62(24-4-1)84-58-86(103-96(101-84)64-50-46-60(47-51-64)67-30-19-40-81-94(67)105-88-43-15-13-37-78(88)98(81)75-34-10-7-27-69(75)70-28-8-11-35-76(70)98)66-54-55-74-91(57-66)107-90-45-22-33-72(93(74)90)71-32-21-39-80-92(71)73-29-9-12-36-77(73)99(80)79-38-14-16-44-89(79)106-95-68(31-20-41-82(95)99)61-48-52-65(53-49-61)97-102-85(63-25-5-2-6-26-63)59-87(104-97)83-42-17-18-56-100-83/h1-59H. The van der Waals surface area contributed by atoms with E-state index in [2.05, 4.69) is 314 Å². The van der Waals surface area contributed by atoms with Gasteiger partial charge in [0.15, 0.2) is 11.6 Å². The minimum Gasteiger partial charge on any atom is -0.456 e. The Morgan fingerprint density at radius 2 is 0.654 bits per heavy atom. The quantitative estimate of drug-likeness (QED) is 0.142. The lowest BCUT2D eigenvalue weighted by atomic mass is 9.65. The Bertz CT molecular complexity index is 6590. The molecule has 0 fully saturated rings. The van der Waals surface area contributed by atoms with Gasteiger partial charge in [-0.1, -0.05) is 303 Å². The number of thiophene rings is 1. The second kappa shape index (κ2) is 23.9. The van der Waals surface area contributed by atoms with Crippen molar-refractivity contribution in [2.45, 2.75) is 10.8 Å². The molecule has 0 saturated heterocycles. The van der Waals surface area contributed by atoms with Gasteiger partial charge < -0.3 is 9.47 Å². The lowest BCUT2D eigenvalue weighted by molar-refractivity contribution is 0.438. The van der Waals surface area contributed by atoms with E-state index < -0.39 is 10.8 Å². The molecule has 4 aromatic heterocycles. The largest absolute Gasteiger partial charge is 0.456 e. The molecule has 7 nitrogen and oxygen atoms in total. The predicted octanol–water partition coefficient (Wildman–Crippen LogP) is 25.0. The van der Waals surface area contributed by atoms with Gasteiger partial charge in [-0.05, 0) is 115 Å². The van der Waals surface area contributed by atoms with Crippen molar-refractivity contribution in [3.05, 3.63) is 403 Å². The zero-order valence-corrected chi connectivity index (χ0v) is 58.3. The van der Waals surface area contributed by atoms with Crippen LogP contribution in [0.1, 0.15) is 44.5 Å². The van der Waals surface area contributed by atoms with Crippen LogP contribution in [0.5, 0.6) is 23.0 Å². The maximum absolute atomic E-state index is 7.26. The maximum atomic E-state index is 7.26. The Hall–Kier alpha value is -13.8. The maximum Gasteiger partial charge on any atom is 0.160 e. The smallest absolute Gasteiger partial charge is 0.160 e. The van der Waals surface area contributed by atoms with E-state index in [1.807, 2.05) is 53.8 Å². The molecule has 8 heteroatoms. The van der Waals surface area contributed by atoms with Gasteiger partial charge in [-0.25, -0.2) is 19.9 Å². The van der Waals surface area contributed by atoms with Crippen molar-refractivity contribution < 1.29 is 9.47 Å². The van der Waals surface area contributed by atoms with Gasteiger partial charge in [0.05, 0.1) is 39.3 Å². The number of para-hydroxylation sites is 4. The summed E-state index contributed by atoms with van der Waals surface area (Å²) in [6, 6.07) is 126. The van der Waals surface area contributed by atoms with E-state index in [1.165, 1.54) is 75.8 Å². The van der Waals surface area contributed by atoms with Crippen LogP contribution in [0.3, 0.4) is 0 Å². The van der Waals surface area contributed by atoms with E-state index in [0.29, 0.717) is 11.6 Å². The number of fused-ring (bicyclic) bond motifs is 21. The van der Waals surface area contributed by atoms with Gasteiger partial charge >= 0.3 is 0 Å². The molecule has 0 radical (unpaired) electrons. The van der Waals surface area contributed by atoms with Gasteiger partial charge in [0.1, 0.15) is 23.0 Å². The van der Waals surface area contributed by atoms with Crippen molar-refractivity contribution in [2.75, 3.05) is 0 Å². The molecule has 2 aliphatic heterocycles. The number of hydrogen-bond acceptors (Lipinski definition) is 8. The molecular formula is C99H59N5O2S. The third-order valence-electron chi connectivity index (χ3n) is 22.4. The highest BCUT2D eigenvalue weighted by molar-refractivity contribution is 7.26. The van der Waals surface area contributed by atoms with Crippen LogP contribution in [-0.2, 0) is 10.8 Å². The van der Waals surface area contributed by atoms with Crippen LogP contribution in [0.15, 0.2) is 358 Å². The molecule has 0 bridgehead atoms. The van der Waals surface area contributed by atoms with Crippen LogP contribution >= 0.6 is 11.3 Å². The summed E-state index contributed by atoms with van der Waals surface area (Å²) in [5.74, 6) is 4.66. The SMILES string of the molecule is c1ccc(-c2cc(-c3ccc4c(c3)sc3cccc(-c5cccc6c5-c5ccccc5C65c6ccccc6Oc6c(-c7ccc(-c8nc(-c9ccccc9)cc(-c9ccccn9)n8)cc7)cccc65)c34)nc(-c3ccc(-c4cccc5c4Oc4ccccc4C54c5ccccc5-c5ccccc54)cc3)n2)cc1. The van der Waals surface area contributed by atoms with E-state index >= 15 is 0 Å². The molecule has 0 saturated carbocycles. The molecule has 22 rings (SSSR count). The lowest BCUT2D eigenvalue weighted by Crippen LogP contribution is -2.32. The van der Waals surface area contributed by atoms with E-state index in [4.69, 9.17) is 29.4 Å². The first-order chi connectivity index (χ1) is 53.0. The molecule has 18 aromatic rings. The number of rotatable bonds is 9. The van der Waals surface area contributed by atoms with E-state index in [0.717, 1.165) is 124 Å². The molecule has 1 unspecified atom stereocenters. The number of benzene rings is 14. The zero-order chi connectivity index (χ0) is 70.3. The molecule has 107 heavy (non-hydrogen) atoms. The summed E-state index contributed by atoms with van der Waals surface area (Å²) < 4.78 is 16.7. The third kappa shape index (κ3) is 9.16. The molecule has 0 N–H and O–H groups in total. The fraction of sp³-hybridized carbons (Fsp3) is 0.0202. The molecule has 6 heterocycles. The molecule has 0 amide bonds. The predicted molar refractivity (Wildman–Crippen MR) is 432 cm³/mol. The highest BCUT2D eigenvalue weighted by atomic mass is 32.1. The minimum absolute atomic E-state index is 0.559. The second-order valence-electron chi connectivity index (χ2n) is 27.9. The Kier molecular flexibility index (Phi) is 13.6. The number of nitrogens with zero attached hydrogens (tertiary/aromatic N) is 5. The van der Waals surface area contributed by atoms with Crippen molar-refractivity contribution in [1.82, 2.24) is 24.9 Å². The Labute approximate surface area is 621 Å². The van der Waals surface area contributed by atoms with E-state index in [1.54, 1.807) is 6.20 Å². The fourth-order valence-corrected chi connectivity index (χ4v) is 19.0. The first-order valence-electron chi connectivity index (χ1n) is 36.3. The molecule has 14 aromatic carbocycles. The summed E-state index contributed by atoms with van der Waals surface area (Å²) in [7, 11) is 0. The van der Waals surface area contributed by atoms with E-state index in [-0.39, 0.29) is 0 Å². The molecular weight excluding hydrogens is 1320 g/mol. The fourth-order valence-electron chi connectivity index (χ4n) is 17.8. The summed E-state index contributed by atoms with van der Waals surface area (Å²) in [6.07, 6.45) is 1.80. The molecule has 1 atom stereocenters. The highest BCUT2D eigenvalue weighted by Crippen LogP contribution is 2.66. The van der Waals surface area contributed by atoms with Crippen LogP contribution in [0, 0.1) is 0 Å². The van der Waals surface area contributed by atoms with Gasteiger partial charge in [-0.3, -0.25) is 4.98 Å². The third-order valence-corrected chi connectivity index (χ3v) is 23.5. The first-order valence-corrected chi connectivity index (χ1v) is 37.1. The number of hydrogen-bond donors (Lipinski definition) is 0. The minimum atomic E-state index is -0.725. The Morgan fingerprint density at radius 3 is 1.22 bits per heavy atom. The van der Waals surface area contributed by atoms with Crippen LogP contribution in [0.2, 0.25) is 0 Å². The van der Waals surface area contributed by atoms with Crippen LogP contribution in [0.4, 0.5) is 0 Å². The molecule has 2 spiro atoms. The van der Waals surface area contributed by atoms with Gasteiger partial charge in [0, 0.05) is 87.6 Å². The number of aromatic nitrogens is 5. The van der Waals surface area contributed by atoms with Crippen molar-refractivity contribution in [3.8, 4) is 147 Å². The van der Waals surface area contributed by atoms with Crippen molar-refractivity contribution >= 4 is 31.5 Å². The average Bonchev–Trinajstić information content (AvgIpc) is 1.55. The zero-order valence-electron chi connectivity index (χ0n) is 57.5. The first kappa shape index (κ1) is 60.8.